The van der Waals surface area contributed by atoms with Gasteiger partial charge in [0, 0.05) is 24.8 Å². The number of likely N-dealkylation sites (tertiary alicyclic amines) is 1. The Bertz CT molecular complexity index is 854. The van der Waals surface area contributed by atoms with Crippen LogP contribution in [-0.2, 0) is 11.3 Å². The predicted octanol–water partition coefficient (Wildman–Crippen LogP) is 1.13. The summed E-state index contributed by atoms with van der Waals surface area (Å²) < 4.78 is 6.10. The predicted molar refractivity (Wildman–Crippen MR) is 95.3 cm³/mol. The first-order chi connectivity index (χ1) is 12.6. The summed E-state index contributed by atoms with van der Waals surface area (Å²) >= 11 is 0. The number of anilines is 1. The molecule has 1 saturated heterocycles. The van der Waals surface area contributed by atoms with E-state index in [1.54, 1.807) is 36.3 Å². The zero-order chi connectivity index (χ0) is 18.5. The first kappa shape index (κ1) is 17.7. The van der Waals surface area contributed by atoms with Crippen molar-refractivity contribution in [3.8, 4) is 5.75 Å². The van der Waals surface area contributed by atoms with E-state index in [1.165, 1.54) is 12.1 Å². The Kier molecular flexibility index (Phi) is 5.31. The summed E-state index contributed by atoms with van der Waals surface area (Å²) in [5.74, 6) is 0.0532. The number of nitrogens with zero attached hydrogens (tertiary/aromatic N) is 3. The molecule has 2 amide bonds. The average Bonchev–Trinajstić information content (AvgIpc) is 3.19. The fraction of sp³-hybridized carbons (Fsp3) is 0.333. The zero-order valence-electron chi connectivity index (χ0n) is 14.5. The number of nitrogens with one attached hydrogen (secondary N) is 1. The van der Waals surface area contributed by atoms with Crippen molar-refractivity contribution in [3.63, 3.8) is 0 Å². The van der Waals surface area contributed by atoms with Gasteiger partial charge < -0.3 is 15.0 Å². The van der Waals surface area contributed by atoms with Crippen molar-refractivity contribution in [2.24, 2.45) is 0 Å². The molecule has 8 heteroatoms. The van der Waals surface area contributed by atoms with Gasteiger partial charge in [0.05, 0.1) is 7.11 Å². The molecule has 8 nitrogen and oxygen atoms in total. The van der Waals surface area contributed by atoms with Crippen LogP contribution in [0.2, 0.25) is 0 Å². The summed E-state index contributed by atoms with van der Waals surface area (Å²) in [5.41, 5.74) is 0.219. The molecular formula is C18H20N4O4. The number of ether oxygens (including phenoxy) is 1. The van der Waals surface area contributed by atoms with Gasteiger partial charge in [-0.15, -0.1) is 0 Å². The summed E-state index contributed by atoms with van der Waals surface area (Å²) in [6.07, 6.45) is 1.94. The second kappa shape index (κ2) is 7.81. The Morgan fingerprint density at radius 1 is 1.12 bits per heavy atom. The molecule has 2 aromatic rings. The number of amides is 2. The van der Waals surface area contributed by atoms with E-state index in [4.69, 9.17) is 4.74 Å². The standard InChI is InChI=1S/C18H20N4O4/c1-26-14-6-4-13(5-7-14)19-18(25)15-8-9-16(23)22(20-15)12-17(24)21-10-2-3-11-21/h4-9H,2-3,10-12H2,1H3,(H,19,25). The Morgan fingerprint density at radius 3 is 2.46 bits per heavy atom. The highest BCUT2D eigenvalue weighted by molar-refractivity contribution is 6.02. The number of hydrogen-bond acceptors (Lipinski definition) is 5. The molecule has 0 radical (unpaired) electrons. The van der Waals surface area contributed by atoms with Crippen molar-refractivity contribution in [2.75, 3.05) is 25.5 Å². The van der Waals surface area contributed by atoms with Crippen LogP contribution in [0.15, 0.2) is 41.2 Å². The molecule has 136 valence electrons. The molecule has 0 bridgehead atoms. The van der Waals surface area contributed by atoms with Crippen molar-refractivity contribution < 1.29 is 14.3 Å². The van der Waals surface area contributed by atoms with Gasteiger partial charge in [-0.1, -0.05) is 0 Å². The van der Waals surface area contributed by atoms with Gasteiger partial charge in [-0.3, -0.25) is 14.4 Å². The van der Waals surface area contributed by atoms with Gasteiger partial charge in [-0.2, -0.15) is 5.10 Å². The van der Waals surface area contributed by atoms with Crippen LogP contribution in [0, 0.1) is 0 Å². The van der Waals surface area contributed by atoms with E-state index in [2.05, 4.69) is 10.4 Å². The number of methoxy groups -OCH3 is 1. The second-order valence-electron chi connectivity index (χ2n) is 5.98. The lowest BCUT2D eigenvalue weighted by Gasteiger charge is -2.15. The zero-order valence-corrected chi connectivity index (χ0v) is 14.5. The molecule has 2 heterocycles. The van der Waals surface area contributed by atoms with Crippen LogP contribution in [0.4, 0.5) is 5.69 Å². The number of carbonyl (C=O) groups excluding carboxylic acids is 2. The van der Waals surface area contributed by atoms with Crippen molar-refractivity contribution in [2.45, 2.75) is 19.4 Å². The van der Waals surface area contributed by atoms with Crippen LogP contribution in [0.1, 0.15) is 23.3 Å². The van der Waals surface area contributed by atoms with E-state index in [0.29, 0.717) is 24.5 Å². The Hall–Kier alpha value is -3.16. The van der Waals surface area contributed by atoms with E-state index in [0.717, 1.165) is 17.5 Å². The number of aromatic nitrogens is 2. The molecule has 1 aliphatic rings. The maximum atomic E-state index is 12.4. The minimum atomic E-state index is -0.461. The van der Waals surface area contributed by atoms with Crippen molar-refractivity contribution in [3.05, 3.63) is 52.4 Å². The monoisotopic (exact) mass is 356 g/mol. The fourth-order valence-electron chi connectivity index (χ4n) is 2.75. The molecule has 0 spiro atoms. The van der Waals surface area contributed by atoms with Crippen molar-refractivity contribution >= 4 is 17.5 Å². The Balaban J connectivity index is 1.72. The average molecular weight is 356 g/mol. The topological polar surface area (TPSA) is 93.5 Å². The van der Waals surface area contributed by atoms with Crippen molar-refractivity contribution in [1.29, 1.82) is 0 Å². The molecule has 0 atom stereocenters. The molecule has 26 heavy (non-hydrogen) atoms. The van der Waals surface area contributed by atoms with Gasteiger partial charge in [0.1, 0.15) is 18.0 Å². The maximum Gasteiger partial charge on any atom is 0.276 e. The summed E-state index contributed by atoms with van der Waals surface area (Å²) in [6, 6.07) is 9.43. The molecule has 0 saturated carbocycles. The highest BCUT2D eigenvalue weighted by Crippen LogP contribution is 2.15. The normalized spacial score (nSPS) is 13.5. The van der Waals surface area contributed by atoms with E-state index >= 15 is 0 Å². The highest BCUT2D eigenvalue weighted by atomic mass is 16.5. The quantitative estimate of drug-likeness (QED) is 0.867. The summed E-state index contributed by atoms with van der Waals surface area (Å²) in [6.45, 7) is 1.24. The molecule has 3 rings (SSSR count). The highest BCUT2D eigenvalue weighted by Gasteiger charge is 2.19. The molecular weight excluding hydrogens is 336 g/mol. The third kappa shape index (κ3) is 4.08. The third-order valence-electron chi connectivity index (χ3n) is 4.19. The molecule has 1 N–H and O–H groups in total. The first-order valence-electron chi connectivity index (χ1n) is 8.38. The van der Waals surface area contributed by atoms with Crippen LogP contribution in [-0.4, -0.2) is 46.7 Å². The van der Waals surface area contributed by atoms with Crippen LogP contribution < -0.4 is 15.6 Å². The smallest absolute Gasteiger partial charge is 0.276 e. The lowest BCUT2D eigenvalue weighted by molar-refractivity contribution is -0.131. The van der Waals surface area contributed by atoms with E-state index < -0.39 is 11.5 Å². The summed E-state index contributed by atoms with van der Waals surface area (Å²) in [7, 11) is 1.56. The number of hydrogen-bond donors (Lipinski definition) is 1. The van der Waals surface area contributed by atoms with Gasteiger partial charge in [0.15, 0.2) is 0 Å². The molecule has 1 aliphatic heterocycles. The van der Waals surface area contributed by atoms with Gasteiger partial charge in [0.2, 0.25) is 5.91 Å². The molecule has 1 aromatic carbocycles. The molecule has 1 aromatic heterocycles. The molecule has 1 fully saturated rings. The molecule has 0 aliphatic carbocycles. The Labute approximate surface area is 150 Å². The Morgan fingerprint density at radius 2 is 1.81 bits per heavy atom. The largest absolute Gasteiger partial charge is 0.497 e. The van der Waals surface area contributed by atoms with Gasteiger partial charge >= 0.3 is 0 Å². The van der Waals surface area contributed by atoms with Crippen LogP contribution in [0.25, 0.3) is 0 Å². The minimum absolute atomic E-state index is 0.0645. The summed E-state index contributed by atoms with van der Waals surface area (Å²) in [5, 5.41) is 6.73. The van der Waals surface area contributed by atoms with Crippen LogP contribution >= 0.6 is 0 Å². The van der Waals surface area contributed by atoms with E-state index in [-0.39, 0.29) is 18.1 Å². The van der Waals surface area contributed by atoms with E-state index in [9.17, 15) is 14.4 Å². The number of carbonyl (C=O) groups is 2. The lowest BCUT2D eigenvalue weighted by Crippen LogP contribution is -2.36. The van der Waals surface area contributed by atoms with Gasteiger partial charge in [0.25, 0.3) is 11.5 Å². The minimum Gasteiger partial charge on any atom is -0.497 e. The molecule has 0 unspecified atom stereocenters. The maximum absolute atomic E-state index is 12.4. The van der Waals surface area contributed by atoms with Crippen LogP contribution in [0.5, 0.6) is 5.75 Å². The lowest BCUT2D eigenvalue weighted by atomic mass is 10.3. The number of benzene rings is 1. The van der Waals surface area contributed by atoms with Crippen molar-refractivity contribution in [1.82, 2.24) is 14.7 Å². The van der Waals surface area contributed by atoms with E-state index in [1.807, 2.05) is 0 Å². The third-order valence-corrected chi connectivity index (χ3v) is 4.19. The first-order valence-corrected chi connectivity index (χ1v) is 8.38. The number of rotatable bonds is 5. The fourth-order valence-corrected chi connectivity index (χ4v) is 2.75. The van der Waals surface area contributed by atoms with Gasteiger partial charge in [-0.25, -0.2) is 4.68 Å². The van der Waals surface area contributed by atoms with Crippen LogP contribution in [0.3, 0.4) is 0 Å². The summed E-state index contributed by atoms with van der Waals surface area (Å²) in [4.78, 5) is 38.2. The SMILES string of the molecule is COc1ccc(NC(=O)c2ccc(=O)n(CC(=O)N3CCCC3)n2)cc1. The van der Waals surface area contributed by atoms with Gasteiger partial charge in [-0.05, 0) is 43.2 Å². The second-order valence-corrected chi connectivity index (χ2v) is 5.98.